The van der Waals surface area contributed by atoms with Crippen LogP contribution in [0.5, 0.6) is 0 Å². The van der Waals surface area contributed by atoms with Crippen molar-refractivity contribution in [2.24, 2.45) is 0 Å². The Labute approximate surface area is 256 Å². The van der Waals surface area contributed by atoms with Gasteiger partial charge in [-0.05, 0) is 78.8 Å². The van der Waals surface area contributed by atoms with Gasteiger partial charge in [-0.3, -0.25) is 4.79 Å². The molecule has 1 aliphatic heterocycles. The van der Waals surface area contributed by atoms with Gasteiger partial charge in [0.1, 0.15) is 6.04 Å². The van der Waals surface area contributed by atoms with Crippen molar-refractivity contribution in [3.8, 4) is 0 Å². The highest BCUT2D eigenvalue weighted by molar-refractivity contribution is 7.92. The molecule has 1 N–H and O–H groups in total. The van der Waals surface area contributed by atoms with Crippen LogP contribution in [0.1, 0.15) is 59.5 Å². The summed E-state index contributed by atoms with van der Waals surface area (Å²) in [7, 11) is -3.87. The molecule has 4 aromatic carbocycles. The maximum atomic E-state index is 14.1. The average molecular weight is 593 g/mol. The molecule has 1 heterocycles. The van der Waals surface area contributed by atoms with Gasteiger partial charge in [0.25, 0.3) is 0 Å². The Hall–Kier alpha value is -4.00. The Morgan fingerprint density at radius 3 is 1.91 bits per heavy atom. The van der Waals surface area contributed by atoms with Gasteiger partial charge in [0, 0.05) is 18.0 Å². The van der Waals surface area contributed by atoms with Crippen LogP contribution < -0.4 is 5.32 Å². The van der Waals surface area contributed by atoms with Crippen molar-refractivity contribution < 1.29 is 13.2 Å². The van der Waals surface area contributed by atoms with E-state index in [1.54, 1.807) is 6.08 Å². The Kier molecular flexibility index (Phi) is 10.6. The van der Waals surface area contributed by atoms with Gasteiger partial charge in [-0.15, -0.1) is 0 Å². The van der Waals surface area contributed by atoms with Gasteiger partial charge >= 0.3 is 0 Å². The van der Waals surface area contributed by atoms with Gasteiger partial charge in [-0.1, -0.05) is 115 Å². The van der Waals surface area contributed by atoms with Crippen LogP contribution in [0.4, 0.5) is 0 Å². The molecule has 0 fully saturated rings. The molecule has 1 aliphatic rings. The second-order valence-corrected chi connectivity index (χ2v) is 13.0. The lowest BCUT2D eigenvalue weighted by Gasteiger charge is -2.35. The molecule has 1 amide bonds. The van der Waals surface area contributed by atoms with Crippen LogP contribution in [0.15, 0.2) is 121 Å². The summed E-state index contributed by atoms with van der Waals surface area (Å²) in [4.78, 5) is 14.1. The highest BCUT2D eigenvalue weighted by Crippen LogP contribution is 2.33. The van der Waals surface area contributed by atoms with Crippen LogP contribution in [0, 0.1) is 0 Å². The van der Waals surface area contributed by atoms with Crippen LogP contribution in [-0.2, 0) is 34.1 Å². The molecule has 5 nitrogen and oxygen atoms in total. The van der Waals surface area contributed by atoms with Gasteiger partial charge in [-0.2, -0.15) is 4.31 Å². The van der Waals surface area contributed by atoms with Crippen molar-refractivity contribution in [3.05, 3.63) is 148 Å². The zero-order valence-corrected chi connectivity index (χ0v) is 25.3. The van der Waals surface area contributed by atoms with E-state index in [1.807, 2.05) is 66.7 Å². The minimum atomic E-state index is -3.87. The van der Waals surface area contributed by atoms with Crippen molar-refractivity contribution in [2.45, 2.75) is 57.0 Å². The highest BCUT2D eigenvalue weighted by Gasteiger charge is 2.39. The Morgan fingerprint density at radius 1 is 0.767 bits per heavy atom. The first kappa shape index (κ1) is 30.5. The monoisotopic (exact) mass is 592 g/mol. The normalized spacial score (nSPS) is 15.4. The SMILES string of the molecule is O=C(NC(CCCc1ccccc1)CCCc1ccccc1)[C@@H]1c2ccccc2CCN1S(=O)(=O)/C=C/c1ccccc1. The maximum Gasteiger partial charge on any atom is 0.243 e. The molecule has 0 bridgehead atoms. The molecule has 0 aromatic heterocycles. The maximum absolute atomic E-state index is 14.1. The Balaban J connectivity index is 1.34. The second-order valence-electron chi connectivity index (χ2n) is 11.2. The summed E-state index contributed by atoms with van der Waals surface area (Å²) < 4.78 is 28.7. The Morgan fingerprint density at radius 2 is 1.30 bits per heavy atom. The third kappa shape index (κ3) is 8.53. The van der Waals surface area contributed by atoms with Gasteiger partial charge in [0.15, 0.2) is 0 Å². The molecule has 43 heavy (non-hydrogen) atoms. The van der Waals surface area contributed by atoms with Crippen LogP contribution in [0.3, 0.4) is 0 Å². The second kappa shape index (κ2) is 14.9. The van der Waals surface area contributed by atoms with E-state index in [0.717, 1.165) is 55.2 Å². The van der Waals surface area contributed by atoms with Gasteiger partial charge in [0.05, 0.1) is 0 Å². The standard InChI is InChI=1S/C37H40N2O3S/c40-37(38-34(23-12-20-30-14-4-1-5-15-30)24-13-21-31-16-6-2-7-17-31)36-35-25-11-10-22-33(35)26-28-39(36)43(41,42)29-27-32-18-8-3-9-19-32/h1-11,14-19,22,25,27,29,34,36H,12-13,20-21,23-24,26,28H2,(H,38,40)/b29-27+/t36-/m0/s1. The summed E-state index contributed by atoms with van der Waals surface area (Å²) >= 11 is 0. The van der Waals surface area contributed by atoms with Crippen molar-refractivity contribution in [1.82, 2.24) is 9.62 Å². The first-order chi connectivity index (χ1) is 21.0. The number of aryl methyl sites for hydroxylation is 2. The first-order valence-electron chi connectivity index (χ1n) is 15.2. The van der Waals surface area contributed by atoms with Crippen LogP contribution in [0.2, 0.25) is 0 Å². The van der Waals surface area contributed by atoms with E-state index in [4.69, 9.17) is 0 Å². The van der Waals surface area contributed by atoms with Crippen LogP contribution in [-0.4, -0.2) is 31.2 Å². The third-order valence-electron chi connectivity index (χ3n) is 8.11. The summed E-state index contributed by atoms with van der Waals surface area (Å²) in [5.74, 6) is -0.256. The number of carbonyl (C=O) groups is 1. The molecule has 0 aliphatic carbocycles. The summed E-state index contributed by atoms with van der Waals surface area (Å²) in [5, 5.41) is 4.54. The molecular weight excluding hydrogens is 552 g/mol. The largest absolute Gasteiger partial charge is 0.352 e. The number of nitrogens with zero attached hydrogens (tertiary/aromatic N) is 1. The molecule has 1 atom stereocenters. The van der Waals surface area contributed by atoms with Gasteiger partial charge < -0.3 is 5.32 Å². The quantitative estimate of drug-likeness (QED) is 0.180. The predicted octanol–water partition coefficient (Wildman–Crippen LogP) is 7.12. The van der Waals surface area contributed by atoms with E-state index < -0.39 is 16.1 Å². The molecule has 4 aromatic rings. The smallest absolute Gasteiger partial charge is 0.243 e. The topological polar surface area (TPSA) is 66.5 Å². The molecule has 0 unspecified atom stereocenters. The van der Waals surface area contributed by atoms with Crippen molar-refractivity contribution in [3.63, 3.8) is 0 Å². The molecular formula is C37H40N2O3S. The molecule has 6 heteroatoms. The van der Waals surface area contributed by atoms with Crippen LogP contribution >= 0.6 is 0 Å². The highest BCUT2D eigenvalue weighted by atomic mass is 32.2. The lowest BCUT2D eigenvalue weighted by Crippen LogP contribution is -2.48. The summed E-state index contributed by atoms with van der Waals surface area (Å²) in [6.45, 7) is 0.253. The molecule has 222 valence electrons. The van der Waals surface area contributed by atoms with Gasteiger partial charge in [0.2, 0.25) is 15.9 Å². The lowest BCUT2D eigenvalue weighted by molar-refractivity contribution is -0.126. The van der Waals surface area contributed by atoms with E-state index in [0.29, 0.717) is 6.42 Å². The van der Waals surface area contributed by atoms with Crippen molar-refractivity contribution in [2.75, 3.05) is 6.54 Å². The zero-order chi connectivity index (χ0) is 29.9. The predicted molar refractivity (Wildman–Crippen MR) is 175 cm³/mol. The number of benzene rings is 4. The fraction of sp³-hybridized carbons (Fsp3) is 0.270. The number of carbonyl (C=O) groups excluding carboxylic acids is 1. The lowest BCUT2D eigenvalue weighted by atomic mass is 9.93. The van der Waals surface area contributed by atoms with E-state index in [-0.39, 0.29) is 18.5 Å². The summed E-state index contributed by atoms with van der Waals surface area (Å²) in [5.41, 5.74) is 5.13. The summed E-state index contributed by atoms with van der Waals surface area (Å²) in [6, 6.07) is 36.9. The average Bonchev–Trinajstić information content (AvgIpc) is 3.04. The third-order valence-corrected chi connectivity index (χ3v) is 9.64. The number of amides is 1. The molecule has 0 spiro atoms. The van der Waals surface area contributed by atoms with Crippen molar-refractivity contribution in [1.29, 1.82) is 0 Å². The zero-order valence-electron chi connectivity index (χ0n) is 24.5. The number of hydrogen-bond acceptors (Lipinski definition) is 3. The minimum Gasteiger partial charge on any atom is -0.352 e. The number of fused-ring (bicyclic) bond motifs is 1. The van der Waals surface area contributed by atoms with E-state index in [9.17, 15) is 13.2 Å². The first-order valence-corrected chi connectivity index (χ1v) is 16.7. The molecule has 0 saturated heterocycles. The molecule has 0 radical (unpaired) electrons. The fourth-order valence-corrected chi connectivity index (χ4v) is 7.19. The fourth-order valence-electron chi connectivity index (χ4n) is 5.86. The minimum absolute atomic E-state index is 0.0570. The molecule has 5 rings (SSSR count). The summed E-state index contributed by atoms with van der Waals surface area (Å²) in [6.07, 6.45) is 7.55. The van der Waals surface area contributed by atoms with E-state index in [2.05, 4.69) is 53.8 Å². The molecule has 0 saturated carbocycles. The van der Waals surface area contributed by atoms with E-state index >= 15 is 0 Å². The Bertz CT molecular complexity index is 1540. The number of rotatable bonds is 13. The van der Waals surface area contributed by atoms with Gasteiger partial charge in [-0.25, -0.2) is 8.42 Å². The number of hydrogen-bond donors (Lipinski definition) is 1. The van der Waals surface area contributed by atoms with Crippen molar-refractivity contribution >= 4 is 22.0 Å². The number of nitrogens with one attached hydrogen (secondary N) is 1. The van der Waals surface area contributed by atoms with E-state index in [1.165, 1.54) is 20.8 Å². The number of sulfonamides is 1. The van der Waals surface area contributed by atoms with Crippen LogP contribution in [0.25, 0.3) is 6.08 Å².